The number of para-hydroxylation sites is 2. The standard InChI is InChI=1S/C18H15ClN2O3.Na.H/c1-11-15(17(22)21(19)12-7-3-2-4-8-12)13-9-5-6-10-14(13)20-16(11)18(23)24;;/h2-10,15-16,20H,1H2,(H,23,24);;/q;+1;-1. The summed E-state index contributed by atoms with van der Waals surface area (Å²) in [4.78, 5) is 24.5. The van der Waals surface area contributed by atoms with Crippen LogP contribution in [0.1, 0.15) is 12.9 Å². The second-order valence-electron chi connectivity index (χ2n) is 5.47. The second kappa shape index (κ2) is 8.06. The van der Waals surface area contributed by atoms with Crippen molar-refractivity contribution in [1.29, 1.82) is 0 Å². The van der Waals surface area contributed by atoms with Crippen molar-refractivity contribution in [2.75, 3.05) is 9.74 Å². The van der Waals surface area contributed by atoms with Gasteiger partial charge in [-0.1, -0.05) is 43.0 Å². The Bertz CT molecular complexity index is 819. The van der Waals surface area contributed by atoms with Crippen molar-refractivity contribution < 1.29 is 45.7 Å². The Labute approximate surface area is 174 Å². The van der Waals surface area contributed by atoms with Crippen molar-refractivity contribution in [3.63, 3.8) is 0 Å². The van der Waals surface area contributed by atoms with Gasteiger partial charge in [0.05, 0.1) is 11.6 Å². The number of nitrogens with zero attached hydrogens (tertiary/aromatic N) is 1. The summed E-state index contributed by atoms with van der Waals surface area (Å²) in [5.74, 6) is -2.36. The monoisotopic (exact) mass is 366 g/mol. The van der Waals surface area contributed by atoms with Crippen LogP contribution < -0.4 is 39.3 Å². The van der Waals surface area contributed by atoms with Gasteiger partial charge in [0.1, 0.15) is 6.04 Å². The van der Waals surface area contributed by atoms with Gasteiger partial charge in [0.15, 0.2) is 0 Å². The van der Waals surface area contributed by atoms with Crippen LogP contribution in [0, 0.1) is 0 Å². The fourth-order valence-corrected chi connectivity index (χ4v) is 3.02. The first kappa shape index (κ1) is 19.5. The van der Waals surface area contributed by atoms with Gasteiger partial charge in [-0.2, -0.15) is 0 Å². The zero-order valence-electron chi connectivity index (χ0n) is 14.6. The average Bonchev–Trinajstić information content (AvgIpc) is 2.60. The maximum atomic E-state index is 13.0. The molecule has 0 radical (unpaired) electrons. The molecule has 0 spiro atoms. The van der Waals surface area contributed by atoms with Gasteiger partial charge >= 0.3 is 35.5 Å². The van der Waals surface area contributed by atoms with E-state index in [9.17, 15) is 14.7 Å². The first-order chi connectivity index (χ1) is 11.5. The van der Waals surface area contributed by atoms with Crippen LogP contribution in [0.25, 0.3) is 0 Å². The summed E-state index contributed by atoms with van der Waals surface area (Å²) in [5.41, 5.74) is 2.02. The van der Waals surface area contributed by atoms with Crippen LogP contribution in [-0.2, 0) is 9.59 Å². The predicted molar refractivity (Wildman–Crippen MR) is 94.3 cm³/mol. The number of carbonyl (C=O) groups is 2. The Hall–Kier alpha value is -1.79. The Balaban J connectivity index is 0.00000169. The van der Waals surface area contributed by atoms with Crippen LogP contribution >= 0.6 is 11.8 Å². The molecule has 2 unspecified atom stereocenters. The molecule has 3 rings (SSSR count). The van der Waals surface area contributed by atoms with Gasteiger partial charge in [-0.25, -0.2) is 9.21 Å². The van der Waals surface area contributed by atoms with Crippen molar-refractivity contribution in [2.45, 2.75) is 12.0 Å². The number of benzene rings is 2. The van der Waals surface area contributed by atoms with E-state index in [0.29, 0.717) is 16.9 Å². The van der Waals surface area contributed by atoms with Crippen LogP contribution in [0.4, 0.5) is 11.4 Å². The minimum Gasteiger partial charge on any atom is -1.00 e. The minimum atomic E-state index is -1.09. The molecule has 0 aliphatic carbocycles. The van der Waals surface area contributed by atoms with Crippen molar-refractivity contribution in [3.8, 4) is 0 Å². The van der Waals surface area contributed by atoms with Gasteiger partial charge < -0.3 is 11.8 Å². The molecule has 124 valence electrons. The number of hydrogen-bond acceptors (Lipinski definition) is 3. The molecule has 2 aromatic carbocycles. The van der Waals surface area contributed by atoms with Gasteiger partial charge in [-0.3, -0.25) is 4.79 Å². The quantitative estimate of drug-likeness (QED) is 0.472. The number of aliphatic carboxylic acids is 1. The molecule has 1 aliphatic heterocycles. The molecule has 1 heterocycles. The zero-order chi connectivity index (χ0) is 17.3. The van der Waals surface area contributed by atoms with E-state index in [1.165, 1.54) is 0 Å². The van der Waals surface area contributed by atoms with E-state index in [-0.39, 0.29) is 36.6 Å². The fourth-order valence-electron chi connectivity index (χ4n) is 2.81. The fraction of sp³-hybridized carbons (Fsp3) is 0.111. The minimum absolute atomic E-state index is 0. The molecule has 1 amide bonds. The molecule has 2 aromatic rings. The van der Waals surface area contributed by atoms with Crippen LogP contribution in [-0.4, -0.2) is 23.0 Å². The second-order valence-corrected chi connectivity index (χ2v) is 5.80. The van der Waals surface area contributed by atoms with Gasteiger partial charge in [-0.05, 0) is 29.3 Å². The molecule has 0 saturated carbocycles. The van der Waals surface area contributed by atoms with Crippen LogP contribution in [0.15, 0.2) is 66.7 Å². The van der Waals surface area contributed by atoms with Crippen molar-refractivity contribution in [2.24, 2.45) is 0 Å². The zero-order valence-corrected chi connectivity index (χ0v) is 16.4. The summed E-state index contributed by atoms with van der Waals surface area (Å²) in [6, 6.07) is 14.8. The maximum Gasteiger partial charge on any atom is 1.00 e. The van der Waals surface area contributed by atoms with Crippen molar-refractivity contribution in [3.05, 3.63) is 72.3 Å². The summed E-state index contributed by atoms with van der Waals surface area (Å²) >= 11 is 6.22. The normalized spacial score (nSPS) is 18.4. The topological polar surface area (TPSA) is 69.6 Å². The molecular weight excluding hydrogens is 351 g/mol. The number of rotatable bonds is 3. The summed E-state index contributed by atoms with van der Waals surface area (Å²) in [7, 11) is 0. The number of fused-ring (bicyclic) bond motifs is 1. The number of nitrogens with one attached hydrogen (secondary N) is 1. The average molecular weight is 367 g/mol. The van der Waals surface area contributed by atoms with Gasteiger partial charge in [0, 0.05) is 17.5 Å². The third kappa shape index (κ3) is 3.75. The van der Waals surface area contributed by atoms with Gasteiger partial charge in [0.2, 0.25) is 0 Å². The summed E-state index contributed by atoms with van der Waals surface area (Å²) < 4.78 is 1.01. The molecule has 0 aromatic heterocycles. The maximum absolute atomic E-state index is 13.0. The van der Waals surface area contributed by atoms with Gasteiger partial charge in [-0.15, -0.1) is 0 Å². The smallest absolute Gasteiger partial charge is 1.00 e. The Morgan fingerprint density at radius 2 is 1.72 bits per heavy atom. The Morgan fingerprint density at radius 1 is 1.12 bits per heavy atom. The van der Waals surface area contributed by atoms with E-state index in [2.05, 4.69) is 11.9 Å². The predicted octanol–water partition coefficient (Wildman–Crippen LogP) is 0.509. The number of carboxylic acids is 1. The number of carbonyl (C=O) groups excluding carboxylic acids is 1. The molecule has 2 N–H and O–H groups in total. The number of halogens is 1. The molecule has 0 saturated heterocycles. The summed E-state index contributed by atoms with van der Waals surface area (Å²) in [6.45, 7) is 3.84. The van der Waals surface area contributed by atoms with E-state index in [0.717, 1.165) is 4.42 Å². The number of amides is 1. The van der Waals surface area contributed by atoms with E-state index in [1.807, 2.05) is 6.07 Å². The molecule has 7 heteroatoms. The third-order valence-corrected chi connectivity index (χ3v) is 4.35. The van der Waals surface area contributed by atoms with Crippen LogP contribution in [0.5, 0.6) is 0 Å². The van der Waals surface area contributed by atoms with Crippen LogP contribution in [0.2, 0.25) is 0 Å². The molecular formula is C18H16ClN2NaO3. The van der Waals surface area contributed by atoms with Crippen LogP contribution in [0.3, 0.4) is 0 Å². The largest absolute Gasteiger partial charge is 1.00 e. The molecule has 25 heavy (non-hydrogen) atoms. The van der Waals surface area contributed by atoms with E-state index in [1.54, 1.807) is 48.5 Å². The van der Waals surface area contributed by atoms with E-state index >= 15 is 0 Å². The Kier molecular flexibility index (Phi) is 6.30. The summed E-state index contributed by atoms with van der Waals surface area (Å²) in [6.07, 6.45) is 0. The number of carboxylic acid groups (broad SMARTS) is 1. The number of anilines is 2. The van der Waals surface area contributed by atoms with Gasteiger partial charge in [0.25, 0.3) is 5.91 Å². The van der Waals surface area contributed by atoms with Crippen molar-refractivity contribution in [1.82, 2.24) is 0 Å². The molecule has 0 bridgehead atoms. The molecule has 2 atom stereocenters. The van der Waals surface area contributed by atoms with Crippen molar-refractivity contribution >= 4 is 35.0 Å². The molecule has 1 aliphatic rings. The first-order valence-corrected chi connectivity index (χ1v) is 7.66. The Morgan fingerprint density at radius 3 is 2.36 bits per heavy atom. The molecule has 5 nitrogen and oxygen atoms in total. The molecule has 0 fully saturated rings. The number of hydrogen-bond donors (Lipinski definition) is 2. The van der Waals surface area contributed by atoms with E-state index in [4.69, 9.17) is 11.8 Å². The first-order valence-electron chi connectivity index (χ1n) is 7.32. The third-order valence-electron chi connectivity index (χ3n) is 3.98. The van der Waals surface area contributed by atoms with E-state index < -0.39 is 23.8 Å². The SMILES string of the molecule is C=C1C(C(=O)O)Nc2ccccc2C1C(=O)N(Cl)c1ccccc1.[H-].[Na+]. The summed E-state index contributed by atoms with van der Waals surface area (Å²) in [5, 5.41) is 12.3.